The van der Waals surface area contributed by atoms with E-state index in [4.69, 9.17) is 5.73 Å². The van der Waals surface area contributed by atoms with Gasteiger partial charge in [0.1, 0.15) is 0 Å². The van der Waals surface area contributed by atoms with E-state index in [9.17, 15) is 14.9 Å². The molecule has 0 aliphatic heterocycles. The number of rotatable bonds is 3. The molecule has 0 saturated heterocycles. The van der Waals surface area contributed by atoms with Gasteiger partial charge in [-0.05, 0) is 13.0 Å². The molecule has 19 heavy (non-hydrogen) atoms. The molecular weight excluding hydrogens is 270 g/mol. The lowest BCUT2D eigenvalue weighted by Gasteiger charge is -2.03. The van der Waals surface area contributed by atoms with Gasteiger partial charge in [0.25, 0.3) is 11.6 Å². The first-order valence-corrected chi connectivity index (χ1v) is 5.94. The number of hydrogen-bond donors (Lipinski definition) is 2. The van der Waals surface area contributed by atoms with Gasteiger partial charge >= 0.3 is 0 Å². The summed E-state index contributed by atoms with van der Waals surface area (Å²) in [6.45, 7) is 1.62. The SMILES string of the molecule is Cc1ccc(NC(=O)c2nnc(N)s2)cc1[N+](=O)[O-]. The van der Waals surface area contributed by atoms with Gasteiger partial charge in [-0.15, -0.1) is 10.2 Å². The molecule has 0 atom stereocenters. The van der Waals surface area contributed by atoms with Crippen LogP contribution in [0.1, 0.15) is 15.4 Å². The molecule has 2 rings (SSSR count). The van der Waals surface area contributed by atoms with Gasteiger partial charge in [-0.3, -0.25) is 14.9 Å². The zero-order valence-electron chi connectivity index (χ0n) is 9.78. The molecule has 0 bridgehead atoms. The Morgan fingerprint density at radius 1 is 1.47 bits per heavy atom. The minimum absolute atomic E-state index is 0.0606. The van der Waals surface area contributed by atoms with Crippen LogP contribution in [0.2, 0.25) is 0 Å². The van der Waals surface area contributed by atoms with Crippen molar-refractivity contribution in [2.45, 2.75) is 6.92 Å². The Morgan fingerprint density at radius 3 is 2.79 bits per heavy atom. The van der Waals surface area contributed by atoms with Gasteiger partial charge < -0.3 is 11.1 Å². The molecule has 0 radical (unpaired) electrons. The first kappa shape index (κ1) is 12.9. The number of anilines is 2. The normalized spacial score (nSPS) is 10.2. The van der Waals surface area contributed by atoms with Crippen molar-refractivity contribution in [3.05, 3.63) is 38.9 Å². The monoisotopic (exact) mass is 279 g/mol. The average Bonchev–Trinajstić information content (AvgIpc) is 2.78. The maximum Gasteiger partial charge on any atom is 0.286 e. The van der Waals surface area contributed by atoms with Crippen LogP contribution < -0.4 is 11.1 Å². The fourth-order valence-corrected chi connectivity index (χ4v) is 1.90. The smallest absolute Gasteiger partial charge is 0.286 e. The second-order valence-electron chi connectivity index (χ2n) is 3.66. The third-order valence-corrected chi connectivity index (χ3v) is 3.05. The summed E-state index contributed by atoms with van der Waals surface area (Å²) < 4.78 is 0. The van der Waals surface area contributed by atoms with Crippen LogP contribution in [0.3, 0.4) is 0 Å². The molecule has 8 nitrogen and oxygen atoms in total. The summed E-state index contributed by atoms with van der Waals surface area (Å²) in [5, 5.41) is 20.7. The summed E-state index contributed by atoms with van der Waals surface area (Å²) in [6, 6.07) is 4.42. The van der Waals surface area contributed by atoms with Crippen LogP contribution in [-0.2, 0) is 0 Å². The van der Waals surface area contributed by atoms with Gasteiger partial charge in [-0.1, -0.05) is 17.4 Å². The minimum Gasteiger partial charge on any atom is -0.374 e. The lowest BCUT2D eigenvalue weighted by Crippen LogP contribution is -2.11. The molecule has 1 heterocycles. The van der Waals surface area contributed by atoms with Gasteiger partial charge in [0.15, 0.2) is 0 Å². The molecule has 3 N–H and O–H groups in total. The lowest BCUT2D eigenvalue weighted by molar-refractivity contribution is -0.385. The van der Waals surface area contributed by atoms with Gasteiger partial charge in [-0.25, -0.2) is 0 Å². The number of nitrogens with one attached hydrogen (secondary N) is 1. The Bertz CT molecular complexity index is 654. The van der Waals surface area contributed by atoms with Crippen molar-refractivity contribution in [1.29, 1.82) is 0 Å². The van der Waals surface area contributed by atoms with Crippen LogP contribution in [0.4, 0.5) is 16.5 Å². The molecule has 0 aliphatic rings. The van der Waals surface area contributed by atoms with Gasteiger partial charge in [0, 0.05) is 17.3 Å². The molecule has 98 valence electrons. The van der Waals surface area contributed by atoms with E-state index in [-0.39, 0.29) is 15.8 Å². The molecule has 1 aromatic heterocycles. The quantitative estimate of drug-likeness (QED) is 0.649. The molecule has 9 heteroatoms. The second kappa shape index (κ2) is 4.98. The number of nitrogens with zero attached hydrogens (tertiary/aromatic N) is 3. The highest BCUT2D eigenvalue weighted by Gasteiger charge is 2.15. The van der Waals surface area contributed by atoms with Gasteiger partial charge in [0.05, 0.1) is 4.92 Å². The highest BCUT2D eigenvalue weighted by Crippen LogP contribution is 2.23. The molecule has 0 unspecified atom stereocenters. The van der Waals surface area contributed by atoms with Crippen LogP contribution in [0, 0.1) is 17.0 Å². The Balaban J connectivity index is 2.22. The summed E-state index contributed by atoms with van der Waals surface area (Å²) in [5.74, 6) is -0.507. The number of nitro benzene ring substituents is 1. The van der Waals surface area contributed by atoms with Crippen LogP contribution in [0.5, 0.6) is 0 Å². The van der Waals surface area contributed by atoms with E-state index >= 15 is 0 Å². The van der Waals surface area contributed by atoms with E-state index < -0.39 is 10.8 Å². The molecule has 2 aromatic rings. The van der Waals surface area contributed by atoms with Crippen molar-refractivity contribution in [2.24, 2.45) is 0 Å². The number of benzene rings is 1. The van der Waals surface area contributed by atoms with E-state index in [1.54, 1.807) is 19.1 Å². The zero-order chi connectivity index (χ0) is 14.0. The van der Waals surface area contributed by atoms with Crippen molar-refractivity contribution in [3.63, 3.8) is 0 Å². The fourth-order valence-electron chi connectivity index (χ4n) is 1.39. The van der Waals surface area contributed by atoms with Gasteiger partial charge in [0.2, 0.25) is 10.1 Å². The number of aromatic nitrogens is 2. The molecule has 0 spiro atoms. The number of aryl methyl sites for hydroxylation is 1. The maximum atomic E-state index is 11.8. The first-order valence-electron chi connectivity index (χ1n) is 5.13. The van der Waals surface area contributed by atoms with E-state index in [0.717, 1.165) is 11.3 Å². The number of hydrogen-bond acceptors (Lipinski definition) is 7. The van der Waals surface area contributed by atoms with Crippen LogP contribution in [-0.4, -0.2) is 21.0 Å². The van der Waals surface area contributed by atoms with Gasteiger partial charge in [-0.2, -0.15) is 0 Å². The number of carbonyl (C=O) groups is 1. The third kappa shape index (κ3) is 2.83. The Morgan fingerprint density at radius 2 is 2.21 bits per heavy atom. The molecule has 1 aromatic carbocycles. The topological polar surface area (TPSA) is 124 Å². The van der Waals surface area contributed by atoms with Crippen LogP contribution in [0.15, 0.2) is 18.2 Å². The van der Waals surface area contributed by atoms with Crippen molar-refractivity contribution in [1.82, 2.24) is 10.2 Å². The average molecular weight is 279 g/mol. The highest BCUT2D eigenvalue weighted by molar-refractivity contribution is 7.16. The largest absolute Gasteiger partial charge is 0.374 e. The maximum absolute atomic E-state index is 11.8. The summed E-state index contributed by atoms with van der Waals surface area (Å²) >= 11 is 0.938. The predicted octanol–water partition coefficient (Wildman–Crippen LogP) is 1.59. The summed E-state index contributed by atoms with van der Waals surface area (Å²) in [4.78, 5) is 22.0. The number of nitro groups is 1. The predicted molar refractivity (Wildman–Crippen MR) is 70.1 cm³/mol. The molecular formula is C10H9N5O3S. The van der Waals surface area contributed by atoms with Crippen molar-refractivity contribution in [3.8, 4) is 0 Å². The van der Waals surface area contributed by atoms with E-state index in [2.05, 4.69) is 15.5 Å². The number of carbonyl (C=O) groups excluding carboxylic acids is 1. The highest BCUT2D eigenvalue weighted by atomic mass is 32.1. The lowest BCUT2D eigenvalue weighted by atomic mass is 10.2. The Hall–Kier alpha value is -2.55. The van der Waals surface area contributed by atoms with E-state index in [1.165, 1.54) is 6.07 Å². The second-order valence-corrected chi connectivity index (χ2v) is 4.67. The number of nitrogen functional groups attached to an aromatic ring is 1. The van der Waals surface area contributed by atoms with E-state index in [0.29, 0.717) is 11.3 Å². The molecule has 0 fully saturated rings. The molecule has 1 amide bonds. The van der Waals surface area contributed by atoms with Crippen LogP contribution in [0.25, 0.3) is 0 Å². The van der Waals surface area contributed by atoms with Crippen molar-refractivity contribution >= 4 is 33.8 Å². The Labute approximate surface area is 111 Å². The van der Waals surface area contributed by atoms with Crippen molar-refractivity contribution < 1.29 is 9.72 Å². The zero-order valence-corrected chi connectivity index (χ0v) is 10.6. The Kier molecular flexibility index (Phi) is 3.38. The summed E-state index contributed by atoms with van der Waals surface area (Å²) in [6.07, 6.45) is 0. The molecule has 0 aliphatic carbocycles. The summed E-state index contributed by atoms with van der Waals surface area (Å²) in [7, 11) is 0. The number of amides is 1. The third-order valence-electron chi connectivity index (χ3n) is 2.30. The fraction of sp³-hybridized carbons (Fsp3) is 0.100. The van der Waals surface area contributed by atoms with E-state index in [1.807, 2.05) is 0 Å². The summed E-state index contributed by atoms with van der Waals surface area (Å²) in [5.41, 5.74) is 6.14. The molecule has 0 saturated carbocycles. The van der Waals surface area contributed by atoms with Crippen molar-refractivity contribution in [2.75, 3.05) is 11.1 Å². The first-order chi connectivity index (χ1) is 8.97. The van der Waals surface area contributed by atoms with Crippen LogP contribution >= 0.6 is 11.3 Å². The minimum atomic E-state index is -0.507. The number of nitrogens with two attached hydrogens (primary N) is 1. The standard InChI is InChI=1S/C10H9N5O3S/c1-5-2-3-6(4-7(5)15(17)18)12-8(16)9-13-14-10(11)19-9/h2-4H,1H3,(H2,11,14)(H,12,16).